The predicted octanol–water partition coefficient (Wildman–Crippen LogP) is 2.42. The number of carbonyl (C=O) groups excluding carboxylic acids is 1. The summed E-state index contributed by atoms with van der Waals surface area (Å²) in [6, 6.07) is 5.46. The molecule has 4 rings (SSSR count). The molecule has 0 spiro atoms. The molecule has 0 saturated heterocycles. The van der Waals surface area contributed by atoms with Crippen LogP contribution < -0.4 is 63.1 Å². The van der Waals surface area contributed by atoms with E-state index < -0.39 is 0 Å². The number of hydrogen-bond donors (Lipinski definition) is 1. The first kappa shape index (κ1) is 24.1. The molecule has 0 radical (unpaired) electrons. The number of anilines is 1. The maximum absolute atomic E-state index is 12.7. The number of phenolic OH excluding ortho intramolecular Hbond substituents is 1. The van der Waals surface area contributed by atoms with Crippen molar-refractivity contribution in [3.63, 3.8) is 0 Å². The zero-order valence-electron chi connectivity index (χ0n) is 16.6. The fraction of sp³-hybridized carbons (Fsp3) is 0.545. The van der Waals surface area contributed by atoms with Crippen LogP contribution in [0.25, 0.3) is 0 Å². The van der Waals surface area contributed by atoms with Crippen molar-refractivity contribution >= 4 is 11.6 Å². The van der Waals surface area contributed by atoms with Gasteiger partial charge in [0.1, 0.15) is 5.75 Å². The van der Waals surface area contributed by atoms with Crippen LogP contribution in [0.15, 0.2) is 31.4 Å². The van der Waals surface area contributed by atoms with Gasteiger partial charge in [-0.2, -0.15) is 6.42 Å². The minimum Gasteiger partial charge on any atom is -0.508 e. The van der Waals surface area contributed by atoms with Gasteiger partial charge in [-0.1, -0.05) is 0 Å². The second-order valence-electron chi connectivity index (χ2n) is 7.59. The summed E-state index contributed by atoms with van der Waals surface area (Å²) < 4.78 is 0. The fourth-order valence-electron chi connectivity index (χ4n) is 4.42. The number of rotatable bonds is 5. The number of fused-ring (bicyclic) bond motifs is 3. The standard InChI is InChI=1S/C20H28NO2.C2H4.Rb/c1-3-4-19(23)21(17-11-15(2)12-18(22)13-17)14-20-8-5-16(6-9-20)7-10-20;1-2;/h11-13,16,22H,1,3-10,14H2,2H3;1-2H2;/q-1;;+1. The van der Waals surface area contributed by atoms with Crippen molar-refractivity contribution in [1.82, 2.24) is 0 Å². The van der Waals surface area contributed by atoms with E-state index in [1.807, 2.05) is 17.9 Å². The molecule has 0 atom stereocenters. The molecule has 3 nitrogen and oxygen atoms in total. The zero-order valence-corrected chi connectivity index (χ0v) is 21.5. The SMILES string of the molecule is C=C.[CH2-]CCC(=O)N(CC12CCC(CC1)CC2)c1cc(C)cc(O)c1.[Rb+]. The van der Waals surface area contributed by atoms with E-state index in [1.165, 1.54) is 38.5 Å². The molecule has 26 heavy (non-hydrogen) atoms. The summed E-state index contributed by atoms with van der Waals surface area (Å²) in [6.45, 7) is 12.6. The molecule has 0 aliphatic heterocycles. The molecule has 1 N–H and O–H groups in total. The van der Waals surface area contributed by atoms with Gasteiger partial charge in [-0.05, 0) is 80.9 Å². The number of nitrogens with zero attached hydrogens (tertiary/aromatic N) is 1. The van der Waals surface area contributed by atoms with Gasteiger partial charge in [0.15, 0.2) is 0 Å². The third-order valence-electron chi connectivity index (χ3n) is 5.79. The second-order valence-corrected chi connectivity index (χ2v) is 7.59. The van der Waals surface area contributed by atoms with Gasteiger partial charge in [0.25, 0.3) is 0 Å². The number of phenols is 1. The van der Waals surface area contributed by atoms with Crippen molar-refractivity contribution in [1.29, 1.82) is 0 Å². The summed E-state index contributed by atoms with van der Waals surface area (Å²) >= 11 is 0. The van der Waals surface area contributed by atoms with E-state index in [0.29, 0.717) is 12.8 Å². The van der Waals surface area contributed by atoms with E-state index in [1.54, 1.807) is 12.1 Å². The third kappa shape index (κ3) is 6.02. The summed E-state index contributed by atoms with van der Waals surface area (Å²) in [4.78, 5) is 14.6. The van der Waals surface area contributed by atoms with Crippen molar-refractivity contribution in [3.8, 4) is 5.75 Å². The molecule has 3 saturated carbocycles. The van der Waals surface area contributed by atoms with Gasteiger partial charge >= 0.3 is 58.2 Å². The molecule has 0 unspecified atom stereocenters. The first-order chi connectivity index (χ1) is 12.0. The Morgan fingerprint density at radius 1 is 1.23 bits per heavy atom. The Bertz CT molecular complexity index is 560. The summed E-state index contributed by atoms with van der Waals surface area (Å²) in [5.41, 5.74) is 2.10. The van der Waals surface area contributed by atoms with Gasteiger partial charge < -0.3 is 16.9 Å². The number of aryl methyl sites for hydroxylation is 1. The smallest absolute Gasteiger partial charge is 0.508 e. The Labute approximate surface area is 208 Å². The Kier molecular flexibility index (Phi) is 10.3. The van der Waals surface area contributed by atoms with Crippen molar-refractivity contribution in [2.75, 3.05) is 11.4 Å². The monoisotopic (exact) mass is 427 g/mol. The first-order valence-corrected chi connectivity index (χ1v) is 9.42. The molecule has 3 aliphatic carbocycles. The number of hydrogen-bond acceptors (Lipinski definition) is 2. The van der Waals surface area contributed by atoms with Gasteiger partial charge in [-0.25, -0.2) is 0 Å². The Hall–Kier alpha value is 0.0352. The first-order valence-electron chi connectivity index (χ1n) is 9.42. The van der Waals surface area contributed by atoms with E-state index in [2.05, 4.69) is 20.1 Å². The van der Waals surface area contributed by atoms with Crippen LogP contribution in [0.1, 0.15) is 56.9 Å². The van der Waals surface area contributed by atoms with Gasteiger partial charge in [-0.15, -0.1) is 13.2 Å². The molecular formula is C22H32NO2Rb. The van der Waals surface area contributed by atoms with Gasteiger partial charge in [0, 0.05) is 18.3 Å². The van der Waals surface area contributed by atoms with E-state index in [0.717, 1.165) is 23.7 Å². The summed E-state index contributed by atoms with van der Waals surface area (Å²) in [7, 11) is 0. The van der Waals surface area contributed by atoms with E-state index in [-0.39, 0.29) is 75.3 Å². The van der Waals surface area contributed by atoms with Crippen molar-refractivity contribution < 1.29 is 68.1 Å². The minimum atomic E-state index is 0. The normalized spacial score (nSPS) is 23.4. The van der Waals surface area contributed by atoms with Crippen molar-refractivity contribution in [2.24, 2.45) is 11.3 Å². The molecule has 0 aromatic heterocycles. The van der Waals surface area contributed by atoms with Crippen LogP contribution in [-0.2, 0) is 4.79 Å². The van der Waals surface area contributed by atoms with Gasteiger partial charge in [-0.3, -0.25) is 4.79 Å². The summed E-state index contributed by atoms with van der Waals surface area (Å²) in [5.74, 6) is 1.29. The number of amides is 1. The Morgan fingerprint density at radius 3 is 2.31 bits per heavy atom. The van der Waals surface area contributed by atoms with Gasteiger partial charge in [0.2, 0.25) is 5.91 Å². The molecule has 1 amide bonds. The Morgan fingerprint density at radius 2 is 1.81 bits per heavy atom. The average molecular weight is 428 g/mol. The maximum Gasteiger partial charge on any atom is 1.00 e. The molecular weight excluding hydrogens is 396 g/mol. The molecule has 0 heterocycles. The minimum absolute atomic E-state index is 0. The summed E-state index contributed by atoms with van der Waals surface area (Å²) in [5, 5.41) is 9.94. The van der Waals surface area contributed by atoms with Crippen LogP contribution in [-0.4, -0.2) is 17.6 Å². The number of carbonyl (C=O) groups is 1. The zero-order chi connectivity index (χ0) is 18.4. The van der Waals surface area contributed by atoms with Crippen LogP contribution in [0.2, 0.25) is 0 Å². The number of aromatic hydroxyl groups is 1. The van der Waals surface area contributed by atoms with Crippen molar-refractivity contribution in [2.45, 2.75) is 58.3 Å². The van der Waals surface area contributed by atoms with Crippen LogP contribution >= 0.6 is 0 Å². The quantitative estimate of drug-likeness (QED) is 0.579. The molecule has 1 aromatic rings. The topological polar surface area (TPSA) is 40.5 Å². The molecule has 3 aliphatic rings. The van der Waals surface area contributed by atoms with Crippen LogP contribution in [0.3, 0.4) is 0 Å². The van der Waals surface area contributed by atoms with E-state index in [4.69, 9.17) is 0 Å². The summed E-state index contributed by atoms with van der Waals surface area (Å²) in [6.07, 6.45) is 8.75. The van der Waals surface area contributed by atoms with Crippen molar-refractivity contribution in [3.05, 3.63) is 43.8 Å². The van der Waals surface area contributed by atoms with Crippen LogP contribution in [0, 0.1) is 25.2 Å². The third-order valence-corrected chi connectivity index (χ3v) is 5.79. The fourth-order valence-corrected chi connectivity index (χ4v) is 4.42. The molecule has 3 fully saturated rings. The molecule has 2 bridgehead atoms. The maximum atomic E-state index is 12.7. The van der Waals surface area contributed by atoms with E-state index in [9.17, 15) is 9.90 Å². The average Bonchev–Trinajstić information content (AvgIpc) is 2.62. The largest absolute Gasteiger partial charge is 1.00 e. The second kappa shape index (κ2) is 11.1. The van der Waals surface area contributed by atoms with E-state index >= 15 is 0 Å². The van der Waals surface area contributed by atoms with Gasteiger partial charge in [0.05, 0.1) is 0 Å². The number of benzene rings is 1. The molecule has 4 heteroatoms. The molecule has 138 valence electrons. The predicted molar refractivity (Wildman–Crippen MR) is 105 cm³/mol. The van der Waals surface area contributed by atoms with Crippen LogP contribution in [0.4, 0.5) is 5.69 Å². The Balaban J connectivity index is 0.00000109. The van der Waals surface area contributed by atoms with Crippen LogP contribution in [0.5, 0.6) is 5.75 Å². The molecule has 1 aromatic carbocycles.